The Bertz CT molecular complexity index is 633. The van der Waals surface area contributed by atoms with Crippen LogP contribution in [0.3, 0.4) is 0 Å². The third kappa shape index (κ3) is 2.43. The number of benzene rings is 1. The molecule has 2 aromatic rings. The molecule has 0 fully saturated rings. The molecule has 0 atom stereocenters. The Morgan fingerprint density at radius 2 is 2.00 bits per heavy atom. The first kappa shape index (κ1) is 12.0. The van der Waals surface area contributed by atoms with Gasteiger partial charge in [-0.3, -0.25) is 0 Å². The first-order valence-electron chi connectivity index (χ1n) is 5.19. The Morgan fingerprint density at radius 3 is 2.72 bits per heavy atom. The lowest BCUT2D eigenvalue weighted by Crippen LogP contribution is -1.97. The molecule has 1 aromatic carbocycles. The normalized spacial score (nSPS) is 9.89. The SMILES string of the molecule is Cc1cc(F)c(Nc2ccnc(C#N)c2)cc1F. The molecule has 0 aliphatic heterocycles. The van der Waals surface area contributed by atoms with Gasteiger partial charge in [0, 0.05) is 18.0 Å². The summed E-state index contributed by atoms with van der Waals surface area (Å²) >= 11 is 0. The first-order chi connectivity index (χ1) is 8.60. The fourth-order valence-corrected chi connectivity index (χ4v) is 1.47. The number of aromatic nitrogens is 1. The number of aryl methyl sites for hydroxylation is 1. The van der Waals surface area contributed by atoms with Gasteiger partial charge in [0.15, 0.2) is 0 Å². The van der Waals surface area contributed by atoms with Crippen LogP contribution in [-0.2, 0) is 0 Å². The van der Waals surface area contributed by atoms with Crippen LogP contribution in [0, 0.1) is 29.9 Å². The molecule has 0 unspecified atom stereocenters. The van der Waals surface area contributed by atoms with Gasteiger partial charge in [0.25, 0.3) is 0 Å². The van der Waals surface area contributed by atoms with Crippen LogP contribution in [0.1, 0.15) is 11.3 Å². The molecule has 0 bridgehead atoms. The summed E-state index contributed by atoms with van der Waals surface area (Å²) in [6.45, 7) is 1.49. The van der Waals surface area contributed by atoms with Crippen molar-refractivity contribution in [1.29, 1.82) is 5.26 Å². The fourth-order valence-electron chi connectivity index (χ4n) is 1.47. The quantitative estimate of drug-likeness (QED) is 0.883. The number of hydrogen-bond donors (Lipinski definition) is 1. The van der Waals surface area contributed by atoms with Crippen molar-refractivity contribution >= 4 is 11.4 Å². The summed E-state index contributed by atoms with van der Waals surface area (Å²) in [5, 5.41) is 11.4. The van der Waals surface area contributed by atoms with E-state index in [0.717, 1.165) is 12.1 Å². The minimum absolute atomic E-state index is 0.0215. The summed E-state index contributed by atoms with van der Waals surface area (Å²) in [6.07, 6.45) is 1.42. The summed E-state index contributed by atoms with van der Waals surface area (Å²) in [5.41, 5.74) is 0.940. The maximum atomic E-state index is 13.6. The standard InChI is InChI=1S/C13H9F2N3/c1-8-4-12(15)13(6-11(8)14)18-9-2-3-17-10(5-9)7-16/h2-6H,1H3,(H,17,18). The van der Waals surface area contributed by atoms with Crippen molar-refractivity contribution in [1.82, 2.24) is 4.98 Å². The molecule has 0 saturated heterocycles. The van der Waals surface area contributed by atoms with Crippen LogP contribution in [0.25, 0.3) is 0 Å². The molecule has 1 heterocycles. The molecule has 90 valence electrons. The minimum atomic E-state index is -0.552. The van der Waals surface area contributed by atoms with Crippen LogP contribution in [0.4, 0.5) is 20.2 Å². The second-order valence-corrected chi connectivity index (χ2v) is 3.75. The maximum absolute atomic E-state index is 13.6. The summed E-state index contributed by atoms with van der Waals surface area (Å²) in [5.74, 6) is -1.04. The van der Waals surface area contributed by atoms with Crippen molar-refractivity contribution in [3.05, 3.63) is 53.4 Å². The number of pyridine rings is 1. The molecule has 2 rings (SSSR count). The first-order valence-corrected chi connectivity index (χ1v) is 5.19. The number of nitriles is 1. The van der Waals surface area contributed by atoms with Crippen LogP contribution in [0.2, 0.25) is 0 Å². The Kier molecular flexibility index (Phi) is 3.20. The molecule has 0 amide bonds. The van der Waals surface area contributed by atoms with Crippen molar-refractivity contribution in [2.45, 2.75) is 6.92 Å². The zero-order chi connectivity index (χ0) is 13.1. The van der Waals surface area contributed by atoms with Gasteiger partial charge < -0.3 is 5.32 Å². The van der Waals surface area contributed by atoms with Gasteiger partial charge in [0.05, 0.1) is 5.69 Å². The number of halogens is 2. The number of anilines is 2. The summed E-state index contributed by atoms with van der Waals surface area (Å²) in [4.78, 5) is 3.78. The third-order valence-corrected chi connectivity index (χ3v) is 2.40. The topological polar surface area (TPSA) is 48.7 Å². The van der Waals surface area contributed by atoms with Crippen molar-refractivity contribution in [3.63, 3.8) is 0 Å². The Labute approximate surface area is 103 Å². The Morgan fingerprint density at radius 1 is 1.22 bits per heavy atom. The van der Waals surface area contributed by atoms with Crippen molar-refractivity contribution in [3.8, 4) is 6.07 Å². The Hall–Kier alpha value is -2.48. The van der Waals surface area contributed by atoms with E-state index in [1.54, 1.807) is 6.07 Å². The van der Waals surface area contributed by atoms with E-state index < -0.39 is 11.6 Å². The molecule has 5 heteroatoms. The van der Waals surface area contributed by atoms with E-state index in [0.29, 0.717) is 5.69 Å². The highest BCUT2D eigenvalue weighted by Gasteiger charge is 2.07. The van der Waals surface area contributed by atoms with Crippen LogP contribution in [0.5, 0.6) is 0 Å². The van der Waals surface area contributed by atoms with Crippen LogP contribution in [-0.4, -0.2) is 4.98 Å². The second-order valence-electron chi connectivity index (χ2n) is 3.75. The van der Waals surface area contributed by atoms with E-state index in [9.17, 15) is 8.78 Å². The lowest BCUT2D eigenvalue weighted by molar-refractivity contribution is 0.595. The zero-order valence-electron chi connectivity index (χ0n) is 9.54. The van der Waals surface area contributed by atoms with Crippen LogP contribution >= 0.6 is 0 Å². The molecule has 1 N–H and O–H groups in total. The summed E-state index contributed by atoms with van der Waals surface area (Å²) < 4.78 is 26.9. The monoisotopic (exact) mass is 245 g/mol. The van der Waals surface area contributed by atoms with Gasteiger partial charge in [0.2, 0.25) is 0 Å². The molecule has 0 saturated carbocycles. The molecule has 3 nitrogen and oxygen atoms in total. The van der Waals surface area contributed by atoms with E-state index in [2.05, 4.69) is 10.3 Å². The van der Waals surface area contributed by atoms with Gasteiger partial charge in [-0.25, -0.2) is 13.8 Å². The van der Waals surface area contributed by atoms with Crippen LogP contribution in [0.15, 0.2) is 30.5 Å². The van der Waals surface area contributed by atoms with E-state index in [1.165, 1.54) is 19.2 Å². The largest absolute Gasteiger partial charge is 0.353 e. The predicted octanol–water partition coefficient (Wildman–Crippen LogP) is 3.28. The van der Waals surface area contributed by atoms with E-state index in [1.807, 2.05) is 6.07 Å². The molecule has 0 radical (unpaired) electrons. The highest BCUT2D eigenvalue weighted by atomic mass is 19.1. The van der Waals surface area contributed by atoms with Crippen molar-refractivity contribution < 1.29 is 8.78 Å². The van der Waals surface area contributed by atoms with Gasteiger partial charge >= 0.3 is 0 Å². The molecule has 0 aliphatic carbocycles. The molecule has 1 aromatic heterocycles. The van der Waals surface area contributed by atoms with Gasteiger partial charge in [0.1, 0.15) is 23.4 Å². The highest BCUT2D eigenvalue weighted by molar-refractivity contribution is 5.61. The predicted molar refractivity (Wildman–Crippen MR) is 63.3 cm³/mol. The second kappa shape index (κ2) is 4.80. The van der Waals surface area contributed by atoms with E-state index in [-0.39, 0.29) is 16.9 Å². The summed E-state index contributed by atoms with van der Waals surface area (Å²) in [7, 11) is 0. The molecular weight excluding hydrogens is 236 g/mol. The average Bonchev–Trinajstić information content (AvgIpc) is 2.36. The Balaban J connectivity index is 2.34. The number of nitrogens with one attached hydrogen (secondary N) is 1. The summed E-state index contributed by atoms with van der Waals surface area (Å²) in [6, 6.07) is 7.09. The van der Waals surface area contributed by atoms with Gasteiger partial charge in [-0.2, -0.15) is 5.26 Å². The third-order valence-electron chi connectivity index (χ3n) is 2.40. The lowest BCUT2D eigenvalue weighted by Gasteiger charge is -2.08. The van der Waals surface area contributed by atoms with Crippen LogP contribution < -0.4 is 5.32 Å². The highest BCUT2D eigenvalue weighted by Crippen LogP contribution is 2.23. The molecular formula is C13H9F2N3. The van der Waals surface area contributed by atoms with E-state index in [4.69, 9.17) is 5.26 Å². The van der Waals surface area contributed by atoms with Gasteiger partial charge in [-0.1, -0.05) is 0 Å². The number of hydrogen-bond acceptors (Lipinski definition) is 3. The lowest BCUT2D eigenvalue weighted by atomic mass is 10.2. The number of rotatable bonds is 2. The average molecular weight is 245 g/mol. The smallest absolute Gasteiger partial charge is 0.147 e. The van der Waals surface area contributed by atoms with E-state index >= 15 is 0 Å². The van der Waals surface area contributed by atoms with Crippen molar-refractivity contribution in [2.75, 3.05) is 5.32 Å². The molecule has 0 spiro atoms. The fraction of sp³-hybridized carbons (Fsp3) is 0.0769. The van der Waals surface area contributed by atoms with Crippen molar-refractivity contribution in [2.24, 2.45) is 0 Å². The number of nitrogens with zero attached hydrogens (tertiary/aromatic N) is 2. The molecule has 18 heavy (non-hydrogen) atoms. The zero-order valence-corrected chi connectivity index (χ0v) is 9.54. The molecule has 0 aliphatic rings. The maximum Gasteiger partial charge on any atom is 0.147 e. The minimum Gasteiger partial charge on any atom is -0.353 e. The van der Waals surface area contributed by atoms with Gasteiger partial charge in [-0.05, 0) is 30.7 Å². The van der Waals surface area contributed by atoms with Gasteiger partial charge in [-0.15, -0.1) is 0 Å².